The van der Waals surface area contributed by atoms with Gasteiger partial charge >= 0.3 is 0 Å². The summed E-state index contributed by atoms with van der Waals surface area (Å²) in [5.74, 6) is -0.397. The van der Waals surface area contributed by atoms with Gasteiger partial charge in [-0.3, -0.25) is 9.59 Å². The highest BCUT2D eigenvalue weighted by Gasteiger charge is 2.22. The number of benzene rings is 1. The van der Waals surface area contributed by atoms with Gasteiger partial charge in [0.2, 0.25) is 5.78 Å². The lowest BCUT2D eigenvalue weighted by molar-refractivity contribution is -0.869. The highest BCUT2D eigenvalue weighted by atomic mass is 32.1. The van der Waals surface area contributed by atoms with E-state index in [1.165, 1.54) is 11.3 Å². The molecule has 0 unspecified atom stereocenters. The molecule has 0 atom stereocenters. The highest BCUT2D eigenvalue weighted by molar-refractivity contribution is 7.14. The molecule has 0 spiro atoms. The quantitative estimate of drug-likeness (QED) is 0.517. The van der Waals surface area contributed by atoms with Gasteiger partial charge in [0.1, 0.15) is 5.69 Å². The van der Waals surface area contributed by atoms with Crippen LogP contribution in [0.15, 0.2) is 30.5 Å². The van der Waals surface area contributed by atoms with E-state index in [0.717, 1.165) is 26.8 Å². The predicted octanol–water partition coefficient (Wildman–Crippen LogP) is 2.60. The molecule has 1 amide bonds. The maximum absolute atomic E-state index is 12.8. The summed E-state index contributed by atoms with van der Waals surface area (Å²) in [7, 11) is 6.20. The number of fused-ring (bicyclic) bond motifs is 1. The smallest absolute Gasteiger partial charge is 0.271 e. The van der Waals surface area contributed by atoms with E-state index in [1.807, 2.05) is 31.2 Å². The summed E-state index contributed by atoms with van der Waals surface area (Å²) >= 11 is 1.26. The molecule has 0 aliphatic heterocycles. The first kappa shape index (κ1) is 18.3. The van der Waals surface area contributed by atoms with Crippen molar-refractivity contribution in [2.24, 2.45) is 0 Å². The zero-order chi connectivity index (χ0) is 18.9. The van der Waals surface area contributed by atoms with Gasteiger partial charge in [0.25, 0.3) is 5.91 Å². The summed E-state index contributed by atoms with van der Waals surface area (Å²) in [6, 6.07) is 7.63. The van der Waals surface area contributed by atoms with Gasteiger partial charge < -0.3 is 14.8 Å². The monoisotopic (exact) mass is 371 g/mol. The van der Waals surface area contributed by atoms with Crippen LogP contribution in [-0.2, 0) is 0 Å². The Kier molecular flexibility index (Phi) is 4.93. The highest BCUT2D eigenvalue weighted by Crippen LogP contribution is 2.24. The zero-order valence-corrected chi connectivity index (χ0v) is 16.2. The molecule has 0 saturated heterocycles. The number of hydrogen-bond acceptors (Lipinski definition) is 4. The number of quaternary nitrogens is 1. The van der Waals surface area contributed by atoms with E-state index in [4.69, 9.17) is 0 Å². The Morgan fingerprint density at radius 2 is 1.96 bits per heavy atom. The molecule has 2 heterocycles. The Labute approximate surface area is 156 Å². The lowest BCUT2D eigenvalue weighted by Crippen LogP contribution is -2.42. The molecule has 0 aliphatic carbocycles. The van der Waals surface area contributed by atoms with Crippen molar-refractivity contribution in [3.8, 4) is 0 Å². The van der Waals surface area contributed by atoms with Gasteiger partial charge in [0, 0.05) is 22.0 Å². The van der Waals surface area contributed by atoms with Crippen LogP contribution in [-0.4, -0.2) is 60.4 Å². The molecule has 3 rings (SSSR count). The number of aryl methyl sites for hydroxylation is 1. The number of aromatic nitrogens is 2. The lowest BCUT2D eigenvalue weighted by Gasteiger charge is -2.23. The molecule has 136 valence electrons. The summed E-state index contributed by atoms with van der Waals surface area (Å²) in [5, 5.41) is 4.08. The first-order valence-electron chi connectivity index (χ1n) is 8.43. The van der Waals surface area contributed by atoms with Crippen molar-refractivity contribution < 1.29 is 14.1 Å². The molecule has 0 bridgehead atoms. The van der Waals surface area contributed by atoms with Crippen LogP contribution in [0.25, 0.3) is 10.9 Å². The fourth-order valence-electron chi connectivity index (χ4n) is 2.67. The molecule has 0 aliphatic rings. The normalized spacial score (nSPS) is 11.7. The van der Waals surface area contributed by atoms with Crippen LogP contribution >= 0.6 is 11.3 Å². The van der Waals surface area contributed by atoms with Gasteiger partial charge in [-0.1, -0.05) is 18.2 Å². The second-order valence-electron chi connectivity index (χ2n) is 7.27. The number of hydrogen-bond donors (Lipinski definition) is 2. The topological polar surface area (TPSA) is 74.8 Å². The first-order valence-corrected chi connectivity index (χ1v) is 9.25. The number of likely N-dealkylation sites (N-methyl/N-ethyl adjacent to an activating group) is 1. The average Bonchev–Trinajstić information content (AvgIpc) is 3.16. The van der Waals surface area contributed by atoms with Gasteiger partial charge in [-0.2, -0.15) is 0 Å². The Morgan fingerprint density at radius 1 is 1.23 bits per heavy atom. The van der Waals surface area contributed by atoms with Gasteiger partial charge in [-0.25, -0.2) is 4.98 Å². The summed E-state index contributed by atoms with van der Waals surface area (Å²) < 4.78 is 0.765. The maximum atomic E-state index is 12.8. The number of rotatable bonds is 6. The van der Waals surface area contributed by atoms with E-state index >= 15 is 0 Å². The van der Waals surface area contributed by atoms with E-state index < -0.39 is 0 Å². The van der Waals surface area contributed by atoms with Gasteiger partial charge in [-0.15, -0.1) is 11.3 Å². The van der Waals surface area contributed by atoms with Gasteiger partial charge in [-0.05, 0) is 13.0 Å². The number of ketones is 1. The summed E-state index contributed by atoms with van der Waals surface area (Å²) in [5.41, 5.74) is 1.81. The molecule has 26 heavy (non-hydrogen) atoms. The Balaban J connectivity index is 1.79. The van der Waals surface area contributed by atoms with Crippen LogP contribution in [0.4, 0.5) is 0 Å². The van der Waals surface area contributed by atoms with Crippen LogP contribution in [0.1, 0.15) is 30.7 Å². The number of amides is 1. The number of nitrogens with one attached hydrogen (secondary N) is 2. The van der Waals surface area contributed by atoms with Gasteiger partial charge in [0.15, 0.2) is 5.01 Å². The molecule has 0 radical (unpaired) electrons. The number of para-hydroxylation sites is 1. The number of aromatic amines is 1. The molecule has 1 aromatic carbocycles. The molecule has 7 heteroatoms. The number of carbonyl (C=O) groups excluding carboxylic acids is 2. The number of thiazole rings is 1. The SMILES string of the molecule is Cc1sc(C(=O)c2c[nH]c3ccccc23)nc1C(=O)NCC[N+](C)(C)C. The summed E-state index contributed by atoms with van der Waals surface area (Å²) in [6.45, 7) is 3.19. The van der Waals surface area contributed by atoms with Crippen LogP contribution in [0, 0.1) is 6.92 Å². The van der Waals surface area contributed by atoms with E-state index in [0.29, 0.717) is 22.8 Å². The van der Waals surface area contributed by atoms with E-state index in [-0.39, 0.29) is 11.7 Å². The van der Waals surface area contributed by atoms with Crippen molar-refractivity contribution in [1.82, 2.24) is 15.3 Å². The molecular formula is C19H23N4O2S+. The van der Waals surface area contributed by atoms with Crippen LogP contribution in [0.3, 0.4) is 0 Å². The molecular weight excluding hydrogens is 348 g/mol. The number of H-pyrrole nitrogens is 1. The third kappa shape index (κ3) is 3.84. The molecule has 6 nitrogen and oxygen atoms in total. The van der Waals surface area contributed by atoms with Crippen molar-refractivity contribution in [2.75, 3.05) is 34.2 Å². The first-order chi connectivity index (χ1) is 12.3. The molecule has 0 saturated carbocycles. The zero-order valence-electron chi connectivity index (χ0n) is 15.4. The predicted molar refractivity (Wildman–Crippen MR) is 104 cm³/mol. The lowest BCUT2D eigenvalue weighted by atomic mass is 10.1. The van der Waals surface area contributed by atoms with Crippen LogP contribution < -0.4 is 5.32 Å². The fourth-order valence-corrected chi connectivity index (χ4v) is 3.53. The molecule has 0 fully saturated rings. The fraction of sp³-hybridized carbons (Fsp3) is 0.316. The van der Waals surface area contributed by atoms with Crippen LogP contribution in [0.2, 0.25) is 0 Å². The van der Waals surface area contributed by atoms with E-state index in [2.05, 4.69) is 36.4 Å². The van der Waals surface area contributed by atoms with Gasteiger partial charge in [0.05, 0.1) is 39.8 Å². The molecule has 3 aromatic rings. The minimum atomic E-state index is -0.231. The Bertz CT molecular complexity index is 965. The average molecular weight is 371 g/mol. The minimum Gasteiger partial charge on any atom is -0.360 e. The molecule has 2 aromatic heterocycles. The second-order valence-corrected chi connectivity index (χ2v) is 8.47. The Morgan fingerprint density at radius 3 is 2.69 bits per heavy atom. The van der Waals surface area contributed by atoms with E-state index in [1.54, 1.807) is 6.20 Å². The summed E-state index contributed by atoms with van der Waals surface area (Å²) in [6.07, 6.45) is 1.70. The van der Waals surface area contributed by atoms with Crippen molar-refractivity contribution in [3.63, 3.8) is 0 Å². The number of nitrogens with zero attached hydrogens (tertiary/aromatic N) is 2. The van der Waals surface area contributed by atoms with Crippen molar-refractivity contribution in [2.45, 2.75) is 6.92 Å². The van der Waals surface area contributed by atoms with Crippen molar-refractivity contribution in [3.05, 3.63) is 51.6 Å². The maximum Gasteiger partial charge on any atom is 0.271 e. The standard InChI is InChI=1S/C19H22N4O2S/c1-12-16(18(25)20-9-10-23(2,3)4)22-19(26-12)17(24)14-11-21-15-8-6-5-7-13(14)15/h5-8,11H,9-10H2,1-4H3,(H-,20,21,24,25)/p+1. The van der Waals surface area contributed by atoms with E-state index in [9.17, 15) is 9.59 Å². The molecule has 2 N–H and O–H groups in total. The second kappa shape index (κ2) is 7.01. The van der Waals surface area contributed by atoms with Crippen molar-refractivity contribution in [1.29, 1.82) is 0 Å². The largest absolute Gasteiger partial charge is 0.360 e. The summed E-state index contributed by atoms with van der Waals surface area (Å²) in [4.78, 5) is 33.4. The third-order valence-electron chi connectivity index (χ3n) is 4.11. The van der Waals surface area contributed by atoms with Crippen LogP contribution in [0.5, 0.6) is 0 Å². The Hall–Kier alpha value is -2.51. The number of carbonyl (C=O) groups is 2. The van der Waals surface area contributed by atoms with Crippen molar-refractivity contribution >= 4 is 33.9 Å². The third-order valence-corrected chi connectivity index (χ3v) is 5.08. The minimum absolute atomic E-state index is 0.166.